The molecule has 0 amide bonds. The lowest BCUT2D eigenvalue weighted by Gasteiger charge is -2.11. The Labute approximate surface area is 117 Å². The van der Waals surface area contributed by atoms with Gasteiger partial charge in [-0.25, -0.2) is 0 Å². The number of rotatable bonds is 6. The molecular formula is C12H10F2N2O5. The standard InChI is InChI=1S/C12H10F2N2O5/c1-2-20-10(17)5-8-3-7(6-15)4-9(16(18)19)11(8)21-12(13)14/h3-4,12H,2,5H2,1H3. The predicted octanol–water partition coefficient (Wildman–Crippen LogP) is 2.17. The summed E-state index contributed by atoms with van der Waals surface area (Å²) in [6.07, 6.45) is -0.522. The van der Waals surface area contributed by atoms with Gasteiger partial charge in [-0.15, -0.1) is 0 Å². The molecule has 0 saturated heterocycles. The van der Waals surface area contributed by atoms with Crippen molar-refractivity contribution in [2.75, 3.05) is 6.61 Å². The predicted molar refractivity (Wildman–Crippen MR) is 64.8 cm³/mol. The van der Waals surface area contributed by atoms with Crippen LogP contribution < -0.4 is 4.74 Å². The number of halogens is 2. The van der Waals surface area contributed by atoms with Gasteiger partial charge in [-0.05, 0) is 13.0 Å². The molecule has 0 atom stereocenters. The van der Waals surface area contributed by atoms with Crippen molar-refractivity contribution in [2.24, 2.45) is 0 Å². The number of hydrogen-bond acceptors (Lipinski definition) is 6. The number of hydrogen-bond donors (Lipinski definition) is 0. The molecule has 0 aliphatic carbocycles. The molecular weight excluding hydrogens is 290 g/mol. The Bertz CT molecular complexity index is 598. The number of ether oxygens (including phenoxy) is 2. The third-order valence-electron chi connectivity index (χ3n) is 2.32. The highest BCUT2D eigenvalue weighted by molar-refractivity contribution is 5.75. The first-order chi connectivity index (χ1) is 9.88. The Morgan fingerprint density at radius 2 is 2.19 bits per heavy atom. The van der Waals surface area contributed by atoms with Crippen LogP contribution in [0.4, 0.5) is 14.5 Å². The maximum Gasteiger partial charge on any atom is 0.387 e. The lowest BCUT2D eigenvalue weighted by molar-refractivity contribution is -0.386. The molecule has 0 unspecified atom stereocenters. The van der Waals surface area contributed by atoms with Gasteiger partial charge < -0.3 is 9.47 Å². The summed E-state index contributed by atoms with van der Waals surface area (Å²) in [6.45, 7) is -1.70. The molecule has 0 aromatic heterocycles. The third kappa shape index (κ3) is 4.38. The topological polar surface area (TPSA) is 102 Å². The van der Waals surface area contributed by atoms with Gasteiger partial charge in [-0.2, -0.15) is 14.0 Å². The molecule has 0 fully saturated rings. The number of alkyl halides is 2. The van der Waals surface area contributed by atoms with E-state index in [9.17, 15) is 23.7 Å². The summed E-state index contributed by atoms with van der Waals surface area (Å²) in [5, 5.41) is 19.7. The van der Waals surface area contributed by atoms with E-state index in [4.69, 9.17) is 5.26 Å². The molecule has 0 heterocycles. The summed E-state index contributed by atoms with van der Waals surface area (Å²) >= 11 is 0. The maximum atomic E-state index is 12.4. The summed E-state index contributed by atoms with van der Waals surface area (Å²) in [7, 11) is 0. The van der Waals surface area contributed by atoms with E-state index in [-0.39, 0.29) is 17.7 Å². The van der Waals surface area contributed by atoms with E-state index in [2.05, 4.69) is 9.47 Å². The fraction of sp³-hybridized carbons (Fsp3) is 0.333. The number of carbonyl (C=O) groups excluding carboxylic acids is 1. The first kappa shape index (κ1) is 16.3. The number of nitrogens with zero attached hydrogens (tertiary/aromatic N) is 2. The van der Waals surface area contributed by atoms with Crippen molar-refractivity contribution in [3.05, 3.63) is 33.4 Å². The summed E-state index contributed by atoms with van der Waals surface area (Å²) in [5.74, 6) is -1.52. The highest BCUT2D eigenvalue weighted by atomic mass is 19.3. The first-order valence-electron chi connectivity index (χ1n) is 5.70. The zero-order chi connectivity index (χ0) is 16.0. The quantitative estimate of drug-likeness (QED) is 0.453. The van der Waals surface area contributed by atoms with Crippen molar-refractivity contribution in [3.8, 4) is 11.8 Å². The van der Waals surface area contributed by atoms with Crippen LogP contribution in [-0.2, 0) is 16.0 Å². The van der Waals surface area contributed by atoms with Gasteiger partial charge in [0.1, 0.15) is 0 Å². The summed E-state index contributed by atoms with van der Waals surface area (Å²) in [4.78, 5) is 21.3. The maximum absolute atomic E-state index is 12.4. The third-order valence-corrected chi connectivity index (χ3v) is 2.32. The Balaban J connectivity index is 3.35. The number of carbonyl (C=O) groups is 1. The molecule has 21 heavy (non-hydrogen) atoms. The fourth-order valence-electron chi connectivity index (χ4n) is 1.60. The lowest BCUT2D eigenvalue weighted by Crippen LogP contribution is -2.12. The van der Waals surface area contributed by atoms with E-state index in [1.54, 1.807) is 13.0 Å². The molecule has 0 saturated carbocycles. The molecule has 112 valence electrons. The van der Waals surface area contributed by atoms with E-state index < -0.39 is 35.4 Å². The second kappa shape index (κ2) is 7.14. The summed E-state index contributed by atoms with van der Waals surface area (Å²) in [5.41, 5.74) is -1.17. The zero-order valence-corrected chi connectivity index (χ0v) is 10.8. The van der Waals surface area contributed by atoms with Crippen LogP contribution in [0.1, 0.15) is 18.1 Å². The van der Waals surface area contributed by atoms with Crippen LogP contribution in [0.5, 0.6) is 5.75 Å². The van der Waals surface area contributed by atoms with Crippen LogP contribution in [0.2, 0.25) is 0 Å². The molecule has 0 aliphatic heterocycles. The van der Waals surface area contributed by atoms with Crippen LogP contribution in [0.25, 0.3) is 0 Å². The van der Waals surface area contributed by atoms with Crippen molar-refractivity contribution >= 4 is 11.7 Å². The molecule has 0 bridgehead atoms. The summed E-state index contributed by atoms with van der Waals surface area (Å²) in [6, 6.07) is 3.52. The SMILES string of the molecule is CCOC(=O)Cc1cc(C#N)cc([N+](=O)[O-])c1OC(F)F. The van der Waals surface area contributed by atoms with Crippen molar-refractivity contribution in [2.45, 2.75) is 20.0 Å². The number of benzene rings is 1. The minimum absolute atomic E-state index is 0.0594. The second-order valence-corrected chi connectivity index (χ2v) is 3.71. The van der Waals surface area contributed by atoms with Gasteiger partial charge >= 0.3 is 18.3 Å². The molecule has 1 aromatic carbocycles. The Morgan fingerprint density at radius 3 is 2.67 bits per heavy atom. The highest BCUT2D eigenvalue weighted by Crippen LogP contribution is 2.34. The minimum Gasteiger partial charge on any atom is -0.466 e. The number of nitro benzene ring substituents is 1. The van der Waals surface area contributed by atoms with Gasteiger partial charge in [0.25, 0.3) is 0 Å². The van der Waals surface area contributed by atoms with Gasteiger partial charge in [0, 0.05) is 11.6 Å². The van der Waals surface area contributed by atoms with E-state index >= 15 is 0 Å². The normalized spacial score (nSPS) is 10.0. The smallest absolute Gasteiger partial charge is 0.387 e. The van der Waals surface area contributed by atoms with Gasteiger partial charge in [0.15, 0.2) is 0 Å². The highest BCUT2D eigenvalue weighted by Gasteiger charge is 2.25. The van der Waals surface area contributed by atoms with Gasteiger partial charge in [0.05, 0.1) is 29.6 Å². The Hall–Kier alpha value is -2.76. The van der Waals surface area contributed by atoms with Gasteiger partial charge in [-0.3, -0.25) is 14.9 Å². The molecule has 0 N–H and O–H groups in total. The molecule has 0 radical (unpaired) electrons. The van der Waals surface area contributed by atoms with Crippen molar-refractivity contribution in [1.29, 1.82) is 5.26 Å². The van der Waals surface area contributed by atoms with Crippen LogP contribution in [-0.4, -0.2) is 24.1 Å². The van der Waals surface area contributed by atoms with E-state index in [1.165, 1.54) is 0 Å². The van der Waals surface area contributed by atoms with E-state index in [0.29, 0.717) is 0 Å². The molecule has 1 rings (SSSR count). The Morgan fingerprint density at radius 1 is 1.52 bits per heavy atom. The summed E-state index contributed by atoms with van der Waals surface area (Å²) < 4.78 is 33.5. The average molecular weight is 300 g/mol. The van der Waals surface area contributed by atoms with Gasteiger partial charge in [0.2, 0.25) is 5.75 Å². The number of nitriles is 1. The number of esters is 1. The molecule has 9 heteroatoms. The van der Waals surface area contributed by atoms with Crippen molar-refractivity contribution < 1.29 is 28.0 Å². The molecule has 1 aromatic rings. The van der Waals surface area contributed by atoms with Crippen LogP contribution in [0.3, 0.4) is 0 Å². The molecule has 0 aliphatic rings. The van der Waals surface area contributed by atoms with Crippen LogP contribution in [0, 0.1) is 21.4 Å². The van der Waals surface area contributed by atoms with Crippen LogP contribution >= 0.6 is 0 Å². The molecule has 0 spiro atoms. The van der Waals surface area contributed by atoms with Gasteiger partial charge in [-0.1, -0.05) is 0 Å². The van der Waals surface area contributed by atoms with Crippen molar-refractivity contribution in [1.82, 2.24) is 0 Å². The largest absolute Gasteiger partial charge is 0.466 e. The first-order valence-corrected chi connectivity index (χ1v) is 5.70. The average Bonchev–Trinajstić information content (AvgIpc) is 2.39. The van der Waals surface area contributed by atoms with Crippen LogP contribution in [0.15, 0.2) is 12.1 Å². The minimum atomic E-state index is -3.31. The second-order valence-electron chi connectivity index (χ2n) is 3.71. The number of nitro groups is 1. The van der Waals surface area contributed by atoms with E-state index in [0.717, 1.165) is 12.1 Å². The monoisotopic (exact) mass is 300 g/mol. The van der Waals surface area contributed by atoms with Crippen molar-refractivity contribution in [3.63, 3.8) is 0 Å². The lowest BCUT2D eigenvalue weighted by atomic mass is 10.1. The van der Waals surface area contributed by atoms with E-state index in [1.807, 2.05) is 0 Å². The zero-order valence-electron chi connectivity index (χ0n) is 10.8. The Kier molecular flexibility index (Phi) is 5.54. The molecule has 7 nitrogen and oxygen atoms in total. The fourth-order valence-corrected chi connectivity index (χ4v) is 1.60.